The molecule has 1 aromatic carbocycles. The molecule has 0 aliphatic rings. The van der Waals surface area contributed by atoms with Gasteiger partial charge in [0.15, 0.2) is 0 Å². The van der Waals surface area contributed by atoms with Crippen LogP contribution in [-0.4, -0.2) is 27.1 Å². The molecular formula is C14H21IN2O. The SMILES string of the molecule is C=C(C)C(=O)Nc1cc([N+](C)(C)C)ccc1C.[I-]. The fourth-order valence-electron chi connectivity index (χ4n) is 1.39. The number of carbonyl (C=O) groups is 1. The highest BCUT2D eigenvalue weighted by Crippen LogP contribution is 2.25. The Balaban J connectivity index is 0.00000289. The summed E-state index contributed by atoms with van der Waals surface area (Å²) in [5, 5.41) is 2.87. The first kappa shape index (κ1) is 17.1. The molecule has 0 spiro atoms. The van der Waals surface area contributed by atoms with Crippen molar-refractivity contribution in [1.82, 2.24) is 4.48 Å². The molecular weight excluding hydrogens is 339 g/mol. The summed E-state index contributed by atoms with van der Waals surface area (Å²) in [7, 11) is 6.28. The van der Waals surface area contributed by atoms with Crippen LogP contribution in [0, 0.1) is 6.92 Å². The quantitative estimate of drug-likeness (QED) is 0.448. The van der Waals surface area contributed by atoms with Gasteiger partial charge in [-0.25, -0.2) is 0 Å². The van der Waals surface area contributed by atoms with E-state index in [-0.39, 0.29) is 29.9 Å². The predicted molar refractivity (Wildman–Crippen MR) is 74.2 cm³/mol. The first-order chi connectivity index (χ1) is 7.71. The lowest BCUT2D eigenvalue weighted by Gasteiger charge is -2.24. The van der Waals surface area contributed by atoms with Gasteiger partial charge in [-0.05, 0) is 25.5 Å². The van der Waals surface area contributed by atoms with Crippen LogP contribution in [-0.2, 0) is 4.79 Å². The van der Waals surface area contributed by atoms with E-state index in [0.717, 1.165) is 21.4 Å². The van der Waals surface area contributed by atoms with Crippen LogP contribution in [0.5, 0.6) is 0 Å². The van der Waals surface area contributed by atoms with E-state index in [4.69, 9.17) is 0 Å². The lowest BCUT2D eigenvalue weighted by atomic mass is 10.1. The van der Waals surface area contributed by atoms with Crippen LogP contribution in [0.3, 0.4) is 0 Å². The Morgan fingerprint density at radius 1 is 1.28 bits per heavy atom. The maximum atomic E-state index is 11.6. The number of quaternary nitrogens is 1. The summed E-state index contributed by atoms with van der Waals surface area (Å²) in [6.07, 6.45) is 0. The summed E-state index contributed by atoms with van der Waals surface area (Å²) in [6, 6.07) is 6.11. The molecule has 4 heteroatoms. The number of carbonyl (C=O) groups excluding carboxylic acids is 1. The average molecular weight is 360 g/mol. The zero-order chi connectivity index (χ0) is 13.2. The number of amides is 1. The van der Waals surface area contributed by atoms with Crippen molar-refractivity contribution in [1.29, 1.82) is 0 Å². The average Bonchev–Trinajstić information content (AvgIpc) is 2.19. The second-order valence-electron chi connectivity index (χ2n) is 5.25. The summed E-state index contributed by atoms with van der Waals surface area (Å²) in [4.78, 5) is 11.6. The summed E-state index contributed by atoms with van der Waals surface area (Å²) >= 11 is 0. The normalized spacial score (nSPS) is 10.5. The fraction of sp³-hybridized carbons (Fsp3) is 0.357. The lowest BCUT2D eigenvalue weighted by molar-refractivity contribution is -0.112. The third kappa shape index (κ3) is 4.42. The molecule has 1 N–H and O–H groups in total. The van der Waals surface area contributed by atoms with Crippen LogP contribution in [0.1, 0.15) is 12.5 Å². The molecule has 3 nitrogen and oxygen atoms in total. The van der Waals surface area contributed by atoms with E-state index >= 15 is 0 Å². The van der Waals surface area contributed by atoms with Crippen molar-refractivity contribution in [2.75, 3.05) is 26.5 Å². The fourth-order valence-corrected chi connectivity index (χ4v) is 1.39. The van der Waals surface area contributed by atoms with Gasteiger partial charge in [0.2, 0.25) is 0 Å². The summed E-state index contributed by atoms with van der Waals surface area (Å²) in [5.74, 6) is -0.133. The topological polar surface area (TPSA) is 29.1 Å². The van der Waals surface area contributed by atoms with Gasteiger partial charge in [0.05, 0.1) is 21.1 Å². The number of halogens is 1. The number of hydrogen-bond acceptors (Lipinski definition) is 1. The van der Waals surface area contributed by atoms with Gasteiger partial charge in [-0.2, -0.15) is 0 Å². The van der Waals surface area contributed by atoms with Gasteiger partial charge in [0, 0.05) is 17.3 Å². The van der Waals surface area contributed by atoms with Crippen molar-refractivity contribution in [3.05, 3.63) is 35.9 Å². The van der Waals surface area contributed by atoms with Crippen molar-refractivity contribution < 1.29 is 28.8 Å². The number of benzene rings is 1. The van der Waals surface area contributed by atoms with E-state index in [1.165, 1.54) is 0 Å². The van der Waals surface area contributed by atoms with Crippen LogP contribution >= 0.6 is 0 Å². The van der Waals surface area contributed by atoms with Crippen molar-refractivity contribution in [3.8, 4) is 0 Å². The number of nitrogens with one attached hydrogen (secondary N) is 1. The first-order valence-corrected chi connectivity index (χ1v) is 5.61. The highest BCUT2D eigenvalue weighted by molar-refractivity contribution is 6.03. The van der Waals surface area contributed by atoms with Crippen molar-refractivity contribution in [3.63, 3.8) is 0 Å². The molecule has 0 atom stereocenters. The summed E-state index contributed by atoms with van der Waals surface area (Å²) in [5.41, 5.74) is 3.56. The Labute approximate surface area is 126 Å². The van der Waals surface area contributed by atoms with E-state index in [9.17, 15) is 4.79 Å². The Bertz CT molecular complexity index is 461. The maximum Gasteiger partial charge on any atom is 0.250 e. The Hall–Kier alpha value is -0.880. The Kier molecular flexibility index (Phi) is 6.02. The Morgan fingerprint density at radius 2 is 1.83 bits per heavy atom. The van der Waals surface area contributed by atoms with Crippen LogP contribution in [0.15, 0.2) is 30.4 Å². The number of nitrogens with zero attached hydrogens (tertiary/aromatic N) is 1. The van der Waals surface area contributed by atoms with Gasteiger partial charge in [-0.1, -0.05) is 12.6 Å². The summed E-state index contributed by atoms with van der Waals surface area (Å²) in [6.45, 7) is 7.32. The molecule has 0 bridgehead atoms. The zero-order valence-electron chi connectivity index (χ0n) is 11.7. The van der Waals surface area contributed by atoms with Crippen LogP contribution in [0.4, 0.5) is 11.4 Å². The molecule has 1 amide bonds. The third-order valence-corrected chi connectivity index (χ3v) is 2.63. The van der Waals surface area contributed by atoms with Crippen molar-refractivity contribution in [2.24, 2.45) is 0 Å². The van der Waals surface area contributed by atoms with Crippen molar-refractivity contribution in [2.45, 2.75) is 13.8 Å². The van der Waals surface area contributed by atoms with Gasteiger partial charge in [0.1, 0.15) is 5.69 Å². The lowest BCUT2D eigenvalue weighted by Crippen LogP contribution is -3.00. The smallest absolute Gasteiger partial charge is 0.250 e. The molecule has 0 aromatic heterocycles. The second-order valence-corrected chi connectivity index (χ2v) is 5.25. The van der Waals surface area contributed by atoms with E-state index in [0.29, 0.717) is 5.57 Å². The highest BCUT2D eigenvalue weighted by Gasteiger charge is 2.14. The monoisotopic (exact) mass is 360 g/mol. The van der Waals surface area contributed by atoms with Crippen LogP contribution in [0.2, 0.25) is 0 Å². The molecule has 0 fully saturated rings. The van der Waals surface area contributed by atoms with Gasteiger partial charge in [-0.15, -0.1) is 0 Å². The number of aryl methyl sites for hydroxylation is 1. The number of anilines is 1. The zero-order valence-corrected chi connectivity index (χ0v) is 13.8. The minimum Gasteiger partial charge on any atom is -1.00 e. The molecule has 0 unspecified atom stereocenters. The van der Waals surface area contributed by atoms with E-state index in [2.05, 4.69) is 39.1 Å². The molecule has 18 heavy (non-hydrogen) atoms. The van der Waals surface area contributed by atoms with Gasteiger partial charge >= 0.3 is 0 Å². The molecule has 0 saturated carbocycles. The summed E-state index contributed by atoms with van der Waals surface area (Å²) < 4.78 is 0.718. The third-order valence-electron chi connectivity index (χ3n) is 2.63. The van der Waals surface area contributed by atoms with Crippen molar-refractivity contribution >= 4 is 17.3 Å². The molecule has 0 aliphatic heterocycles. The minimum absolute atomic E-state index is 0. The molecule has 0 saturated heterocycles. The van der Waals surface area contributed by atoms with Gasteiger partial charge in [0.25, 0.3) is 5.91 Å². The molecule has 0 aliphatic carbocycles. The van der Waals surface area contributed by atoms with E-state index in [1.54, 1.807) is 6.92 Å². The van der Waals surface area contributed by atoms with E-state index in [1.807, 2.05) is 19.1 Å². The molecule has 0 heterocycles. The maximum absolute atomic E-state index is 11.6. The molecule has 1 rings (SSSR count). The predicted octanol–water partition coefficient (Wildman–Crippen LogP) is -0.290. The Morgan fingerprint density at radius 3 is 2.28 bits per heavy atom. The van der Waals surface area contributed by atoms with Gasteiger partial charge in [-0.3, -0.25) is 9.28 Å². The van der Waals surface area contributed by atoms with Gasteiger partial charge < -0.3 is 29.3 Å². The molecule has 100 valence electrons. The number of hydrogen-bond donors (Lipinski definition) is 1. The number of rotatable bonds is 3. The largest absolute Gasteiger partial charge is 1.00 e. The molecule has 0 radical (unpaired) electrons. The second kappa shape index (κ2) is 6.33. The minimum atomic E-state index is -0.133. The highest BCUT2D eigenvalue weighted by atomic mass is 127. The van der Waals surface area contributed by atoms with Crippen LogP contribution in [0.25, 0.3) is 0 Å². The standard InChI is InChI=1S/C14H20N2O.HI/c1-10(2)14(17)15-13-9-12(16(4,5)6)8-7-11(13)3;/h7-9H,1H2,2-6H3;1H. The van der Waals surface area contributed by atoms with E-state index < -0.39 is 0 Å². The first-order valence-electron chi connectivity index (χ1n) is 5.61. The van der Waals surface area contributed by atoms with Crippen LogP contribution < -0.4 is 33.8 Å². The molecule has 1 aromatic rings.